The number of rotatable bonds is 0. The van der Waals surface area contributed by atoms with Gasteiger partial charge >= 0.3 is 41.8 Å². The van der Waals surface area contributed by atoms with Crippen molar-refractivity contribution >= 4 is 75.7 Å². The largest absolute Gasteiger partial charge is 0.423 e. The van der Waals surface area contributed by atoms with Crippen molar-refractivity contribution < 1.29 is 90.6 Å². The topological polar surface area (TPSA) is 254 Å². The molecule has 7 aliphatic rings. The van der Waals surface area contributed by atoms with Crippen LogP contribution in [0.2, 0.25) is 0 Å². The Hall–Kier alpha value is -8.46. The third kappa shape index (κ3) is 17.3. The van der Waals surface area contributed by atoms with Gasteiger partial charge in [0.1, 0.15) is 5.76 Å². The first-order valence-electron chi connectivity index (χ1n) is 24.8. The second kappa shape index (κ2) is 33.7. The van der Waals surface area contributed by atoms with Crippen molar-refractivity contribution in [3.63, 3.8) is 0 Å². The van der Waals surface area contributed by atoms with Crippen LogP contribution >= 0.6 is 0 Å². The van der Waals surface area contributed by atoms with Gasteiger partial charge in [0.25, 0.3) is 5.78 Å². The van der Waals surface area contributed by atoms with Gasteiger partial charge in [0.15, 0.2) is 0 Å². The minimum absolute atomic E-state index is 0.101. The van der Waals surface area contributed by atoms with Gasteiger partial charge in [0.2, 0.25) is 11.6 Å². The van der Waals surface area contributed by atoms with Crippen LogP contribution in [0.25, 0.3) is 27.7 Å². The zero-order valence-corrected chi connectivity index (χ0v) is 46.5. The molecule has 0 amide bonds. The second-order valence-electron chi connectivity index (χ2n) is 17.6. The predicted molar refractivity (Wildman–Crippen MR) is 293 cm³/mol. The third-order valence-electron chi connectivity index (χ3n) is 11.7. The van der Waals surface area contributed by atoms with Crippen molar-refractivity contribution in [1.82, 2.24) is 0 Å². The molecule has 2 fully saturated rings. The molecular formula is C61H66O19. The molecule has 5 aromatic carbocycles. The Balaban J connectivity index is 0.000000250. The van der Waals surface area contributed by atoms with Crippen LogP contribution in [0.1, 0.15) is 102 Å². The van der Waals surface area contributed by atoms with Gasteiger partial charge in [-0.25, -0.2) is 24.0 Å². The van der Waals surface area contributed by atoms with Gasteiger partial charge in [-0.3, -0.25) is 24.0 Å². The maximum absolute atomic E-state index is 11.9. The Morgan fingerprint density at radius 2 is 0.662 bits per heavy atom. The number of carbonyl (C=O) groups is 10. The molecule has 4 heterocycles. The Kier molecular flexibility index (Phi) is 27.8. The van der Waals surface area contributed by atoms with Crippen LogP contribution in [0.4, 0.5) is 0 Å². The highest BCUT2D eigenvalue weighted by Crippen LogP contribution is 2.37. The molecule has 19 heteroatoms. The molecule has 2 unspecified atom stereocenters. The lowest BCUT2D eigenvalue weighted by Gasteiger charge is -2.18. The molecule has 1 saturated heterocycles. The molecule has 12 rings (SSSR count). The van der Waals surface area contributed by atoms with Gasteiger partial charge in [0, 0.05) is 104 Å². The number of ketones is 3. The van der Waals surface area contributed by atoms with Crippen molar-refractivity contribution in [2.24, 2.45) is 11.8 Å². The summed E-state index contributed by atoms with van der Waals surface area (Å²) in [4.78, 5) is 112. The number of hydrogen-bond donors (Lipinski definition) is 0. The smallest absolute Gasteiger partial charge is 0.346 e. The molecule has 0 N–H and O–H groups in total. The van der Waals surface area contributed by atoms with E-state index in [2.05, 4.69) is 44.5 Å². The lowest BCUT2D eigenvalue weighted by atomic mass is 9.81. The van der Waals surface area contributed by atoms with Crippen LogP contribution in [0, 0.1) is 11.8 Å². The van der Waals surface area contributed by atoms with Gasteiger partial charge in [0.05, 0.1) is 28.5 Å². The highest BCUT2D eigenvalue weighted by molar-refractivity contribution is 6.73. The van der Waals surface area contributed by atoms with Gasteiger partial charge in [-0.15, -0.1) is 0 Å². The molecule has 424 valence electrons. The van der Waals surface area contributed by atoms with Crippen LogP contribution in [0.3, 0.4) is 0 Å². The number of cyclic esters (lactones) is 7. The van der Waals surface area contributed by atoms with Crippen molar-refractivity contribution in [1.29, 1.82) is 0 Å². The summed E-state index contributed by atoms with van der Waals surface area (Å²) < 4.78 is 39.7. The first kappa shape index (κ1) is 65.8. The average Bonchev–Trinajstić information content (AvgIpc) is 4.27. The normalized spacial score (nSPS) is 16.9. The molecule has 1 saturated carbocycles. The summed E-state index contributed by atoms with van der Waals surface area (Å²) in [6, 6.07) is 31.9. The summed E-state index contributed by atoms with van der Waals surface area (Å²) in [5, 5.41) is 1.41. The summed E-state index contributed by atoms with van der Waals surface area (Å²) in [6.45, 7) is 3.81. The Labute approximate surface area is 464 Å². The van der Waals surface area contributed by atoms with Crippen LogP contribution in [-0.2, 0) is 66.6 Å². The van der Waals surface area contributed by atoms with Crippen LogP contribution in [0.15, 0.2) is 127 Å². The molecule has 80 heavy (non-hydrogen) atoms. The number of Topliss-reactive ketones (excluding diaryl/α,β-unsaturated/α-hetero) is 3. The molecule has 19 nitrogen and oxygen atoms in total. The van der Waals surface area contributed by atoms with E-state index < -0.39 is 41.2 Å². The lowest BCUT2D eigenvalue weighted by Crippen LogP contribution is -2.28. The first-order chi connectivity index (χ1) is 38.4. The Morgan fingerprint density at radius 3 is 1.06 bits per heavy atom. The minimum Gasteiger partial charge on any atom is -0.423 e. The lowest BCUT2D eigenvalue weighted by molar-refractivity contribution is -0.154. The van der Waals surface area contributed by atoms with Gasteiger partial charge in [-0.1, -0.05) is 110 Å². The first-order valence-corrected chi connectivity index (χ1v) is 24.8. The van der Waals surface area contributed by atoms with Gasteiger partial charge in [-0.2, -0.15) is 0 Å². The van der Waals surface area contributed by atoms with E-state index in [1.807, 2.05) is 54.6 Å². The summed E-state index contributed by atoms with van der Waals surface area (Å²) in [7, 11) is 16.2. The molecule has 2 atom stereocenters. The van der Waals surface area contributed by atoms with Gasteiger partial charge < -0.3 is 42.6 Å². The Morgan fingerprint density at radius 1 is 0.350 bits per heavy atom. The summed E-state index contributed by atoms with van der Waals surface area (Å²) >= 11 is 0. The average molecular weight is 1100 g/mol. The fourth-order valence-corrected chi connectivity index (χ4v) is 8.53. The van der Waals surface area contributed by atoms with E-state index >= 15 is 0 Å². The number of fused-ring (bicyclic) bond motifs is 5. The maximum Gasteiger partial charge on any atom is 0.346 e. The zero-order chi connectivity index (χ0) is 59.5. The molecule has 0 radical (unpaired) electrons. The molecule has 3 aliphatic carbocycles. The molecule has 0 bridgehead atoms. The number of benzene rings is 5. The van der Waals surface area contributed by atoms with Crippen molar-refractivity contribution in [3.8, 4) is 11.1 Å². The monoisotopic (exact) mass is 1100 g/mol. The van der Waals surface area contributed by atoms with Crippen LogP contribution in [-0.4, -0.2) is 130 Å². The van der Waals surface area contributed by atoms with E-state index in [4.69, 9.17) is 4.74 Å². The zero-order valence-electron chi connectivity index (χ0n) is 46.5. The van der Waals surface area contributed by atoms with Gasteiger partial charge in [-0.05, 0) is 66.8 Å². The number of esters is 7. The summed E-state index contributed by atoms with van der Waals surface area (Å²) in [5.74, 6) is -5.00. The fraction of sp³-hybridized carbons (Fsp3) is 0.311. The van der Waals surface area contributed by atoms with Crippen molar-refractivity contribution in [2.45, 2.75) is 44.9 Å². The molecule has 0 spiro atoms. The van der Waals surface area contributed by atoms with E-state index in [0.29, 0.717) is 50.1 Å². The second-order valence-corrected chi connectivity index (χ2v) is 17.6. The SMILES string of the molecule is C=C1OC(=O)c2ccccc2-c2ccccc21.COC.COC.COC.COC.COC.O=C1C(=O)c2cccc3cccc(c23)C1=O.O=C1OC(=O)C2=C1CCC2.O=C1OC(=O)C2CCCCC12.O=C1OC(=O)c2ccccc21. The van der Waals surface area contributed by atoms with Crippen LogP contribution in [0.5, 0.6) is 0 Å². The van der Waals surface area contributed by atoms with E-state index in [1.54, 1.807) is 126 Å². The predicted octanol–water partition coefficient (Wildman–Crippen LogP) is 9.02. The fourth-order valence-electron chi connectivity index (χ4n) is 8.53. The number of methoxy groups -OCH3 is 5. The minimum atomic E-state index is -0.939. The van der Waals surface area contributed by atoms with Crippen molar-refractivity contribution in [2.75, 3.05) is 71.1 Å². The van der Waals surface area contributed by atoms with Crippen molar-refractivity contribution in [3.05, 3.63) is 160 Å². The summed E-state index contributed by atoms with van der Waals surface area (Å²) in [6.07, 6.45) is 6.17. The van der Waals surface area contributed by atoms with Crippen LogP contribution < -0.4 is 0 Å². The van der Waals surface area contributed by atoms with E-state index in [1.165, 1.54) is 0 Å². The maximum atomic E-state index is 11.9. The van der Waals surface area contributed by atoms with E-state index in [-0.39, 0.29) is 29.7 Å². The number of ether oxygens (including phenoxy) is 9. The van der Waals surface area contributed by atoms with E-state index in [9.17, 15) is 47.9 Å². The molecule has 5 aromatic rings. The molecule has 0 aromatic heterocycles. The summed E-state index contributed by atoms with van der Waals surface area (Å²) in [5.41, 5.74) is 5.94. The Bertz CT molecular complexity index is 2890. The number of carbonyl (C=O) groups excluding carboxylic acids is 10. The third-order valence-corrected chi connectivity index (χ3v) is 11.7. The highest BCUT2D eigenvalue weighted by atomic mass is 16.6. The van der Waals surface area contributed by atoms with E-state index in [0.717, 1.165) is 67.0 Å². The quantitative estimate of drug-likeness (QED) is 0.0606. The number of hydrogen-bond acceptors (Lipinski definition) is 19. The highest BCUT2D eigenvalue weighted by Gasteiger charge is 2.45. The molecule has 4 aliphatic heterocycles. The standard InChI is InChI=1S/C15H10O2.C13H6O3.C8H10O3.C8H4O3.C7H6O3.5C2H6O/c1-10-11-6-2-3-7-12(11)13-8-4-5-9-14(13)15(16)17-10;14-11-8-5-1-3-7-4-2-6-9(10(7)8)12(15)13(11)16;2*9-7-5-3-1-2-4-6(5)8(10)11-7;8-6-4-2-1-3-5(4)7(9)10-6;5*1-3-2/h2-9H,1H2;1-6H;5-6H,1-4H2;1-4H;1-3H2;5*1-2H3. The molecular weight excluding hydrogens is 1040 g/mol.